The third-order valence-electron chi connectivity index (χ3n) is 6.33. The van der Waals surface area contributed by atoms with Gasteiger partial charge in [-0.3, -0.25) is 0 Å². The van der Waals surface area contributed by atoms with Gasteiger partial charge in [-0.2, -0.15) is 0 Å². The van der Waals surface area contributed by atoms with E-state index in [1.54, 1.807) is 11.1 Å². The lowest BCUT2D eigenvalue weighted by atomic mass is 9.63. The second-order valence-electron chi connectivity index (χ2n) is 7.56. The van der Waals surface area contributed by atoms with E-state index in [0.29, 0.717) is 5.41 Å². The fourth-order valence-electron chi connectivity index (χ4n) is 5.42. The summed E-state index contributed by atoms with van der Waals surface area (Å²) in [6, 6.07) is 11.9. The van der Waals surface area contributed by atoms with E-state index in [1.807, 2.05) is 0 Å². The standard InChI is InChI=1S/C21H22/c1-14-4-6-16-11-17-3-2-8-21(20(17)12-18(16)9-14)13-15-5-7-19(21)10-15/h4-7,9,11-12,15,19H,2-3,8,10,13H2,1H3. The van der Waals surface area contributed by atoms with Gasteiger partial charge in [0, 0.05) is 5.41 Å². The lowest BCUT2D eigenvalue weighted by Gasteiger charge is -2.41. The molecule has 3 aliphatic rings. The molecule has 2 bridgehead atoms. The van der Waals surface area contributed by atoms with Crippen LogP contribution in [0.3, 0.4) is 0 Å². The number of allylic oxidation sites excluding steroid dienone is 2. The molecule has 21 heavy (non-hydrogen) atoms. The summed E-state index contributed by atoms with van der Waals surface area (Å²) in [6.45, 7) is 2.20. The largest absolute Gasteiger partial charge is 0.0851 e. The Morgan fingerprint density at radius 1 is 1.05 bits per heavy atom. The van der Waals surface area contributed by atoms with Crippen LogP contribution < -0.4 is 0 Å². The first-order valence-electron chi connectivity index (χ1n) is 8.47. The highest BCUT2D eigenvalue weighted by Crippen LogP contribution is 2.58. The van der Waals surface area contributed by atoms with E-state index in [2.05, 4.69) is 49.4 Å². The molecule has 5 rings (SSSR count). The molecule has 0 aliphatic heterocycles. The molecule has 2 aromatic rings. The molecule has 3 atom stereocenters. The fourth-order valence-corrected chi connectivity index (χ4v) is 5.42. The first-order chi connectivity index (χ1) is 10.2. The van der Waals surface area contributed by atoms with Gasteiger partial charge in [0.15, 0.2) is 0 Å². The Kier molecular flexibility index (Phi) is 2.29. The molecule has 0 nitrogen and oxygen atoms in total. The van der Waals surface area contributed by atoms with E-state index >= 15 is 0 Å². The minimum absolute atomic E-state index is 0.477. The third-order valence-corrected chi connectivity index (χ3v) is 6.33. The van der Waals surface area contributed by atoms with E-state index in [9.17, 15) is 0 Å². The van der Waals surface area contributed by atoms with Crippen molar-refractivity contribution in [3.8, 4) is 0 Å². The summed E-state index contributed by atoms with van der Waals surface area (Å²) in [5, 5.41) is 2.87. The Bertz CT molecular complexity index is 767. The second kappa shape index (κ2) is 4.00. The van der Waals surface area contributed by atoms with Crippen molar-refractivity contribution in [1.82, 2.24) is 0 Å². The monoisotopic (exact) mass is 274 g/mol. The normalized spacial score (nSPS) is 33.0. The summed E-state index contributed by atoms with van der Waals surface area (Å²) in [5.74, 6) is 1.66. The van der Waals surface area contributed by atoms with Crippen molar-refractivity contribution in [2.75, 3.05) is 0 Å². The average Bonchev–Trinajstić information content (AvgIpc) is 3.07. The number of hydrogen-bond acceptors (Lipinski definition) is 0. The maximum atomic E-state index is 2.55. The van der Waals surface area contributed by atoms with Gasteiger partial charge in [-0.05, 0) is 72.8 Å². The van der Waals surface area contributed by atoms with Crippen LogP contribution in [0, 0.1) is 18.8 Å². The highest BCUT2D eigenvalue weighted by Gasteiger charge is 2.50. The summed E-state index contributed by atoms with van der Waals surface area (Å²) in [6.07, 6.45) is 11.9. The van der Waals surface area contributed by atoms with Gasteiger partial charge in [0.1, 0.15) is 0 Å². The Morgan fingerprint density at radius 3 is 2.81 bits per heavy atom. The molecular formula is C21H22. The first-order valence-corrected chi connectivity index (χ1v) is 8.47. The zero-order valence-electron chi connectivity index (χ0n) is 12.7. The minimum Gasteiger partial charge on any atom is -0.0851 e. The van der Waals surface area contributed by atoms with Crippen molar-refractivity contribution in [3.05, 3.63) is 59.2 Å². The molecule has 1 fully saturated rings. The fraction of sp³-hybridized carbons (Fsp3) is 0.429. The van der Waals surface area contributed by atoms with Crippen LogP contribution in [-0.4, -0.2) is 0 Å². The summed E-state index contributed by atoms with van der Waals surface area (Å²) in [7, 11) is 0. The number of hydrogen-bond donors (Lipinski definition) is 0. The third kappa shape index (κ3) is 1.56. The van der Waals surface area contributed by atoms with Crippen molar-refractivity contribution in [2.45, 2.75) is 44.4 Å². The highest BCUT2D eigenvalue weighted by molar-refractivity contribution is 5.85. The summed E-state index contributed by atoms with van der Waals surface area (Å²) in [4.78, 5) is 0. The van der Waals surface area contributed by atoms with Crippen LogP contribution in [0.5, 0.6) is 0 Å². The summed E-state index contributed by atoms with van der Waals surface area (Å²) >= 11 is 0. The van der Waals surface area contributed by atoms with Gasteiger partial charge < -0.3 is 0 Å². The predicted molar refractivity (Wildman–Crippen MR) is 88.7 cm³/mol. The molecule has 106 valence electrons. The summed E-state index contributed by atoms with van der Waals surface area (Å²) in [5.41, 5.74) is 5.19. The van der Waals surface area contributed by atoms with Crippen LogP contribution in [0.1, 0.15) is 42.4 Å². The van der Waals surface area contributed by atoms with Gasteiger partial charge in [0.2, 0.25) is 0 Å². The first kappa shape index (κ1) is 12.0. The Balaban J connectivity index is 1.76. The van der Waals surface area contributed by atoms with Crippen LogP contribution in [0.4, 0.5) is 0 Å². The molecule has 0 N–H and O–H groups in total. The van der Waals surface area contributed by atoms with Gasteiger partial charge in [-0.1, -0.05) is 48.0 Å². The second-order valence-corrected chi connectivity index (χ2v) is 7.56. The van der Waals surface area contributed by atoms with Crippen LogP contribution in [0.15, 0.2) is 42.5 Å². The van der Waals surface area contributed by atoms with E-state index < -0.39 is 0 Å². The molecule has 0 radical (unpaired) electrons. The molecule has 1 saturated carbocycles. The van der Waals surface area contributed by atoms with Gasteiger partial charge in [0.05, 0.1) is 0 Å². The van der Waals surface area contributed by atoms with Crippen LogP contribution in [-0.2, 0) is 11.8 Å². The summed E-state index contributed by atoms with van der Waals surface area (Å²) < 4.78 is 0. The van der Waals surface area contributed by atoms with Crippen molar-refractivity contribution < 1.29 is 0 Å². The molecule has 3 aliphatic carbocycles. The van der Waals surface area contributed by atoms with Crippen molar-refractivity contribution in [2.24, 2.45) is 11.8 Å². The number of aryl methyl sites for hydroxylation is 2. The highest BCUT2D eigenvalue weighted by atomic mass is 14.5. The van der Waals surface area contributed by atoms with E-state index in [1.165, 1.54) is 48.4 Å². The number of fused-ring (bicyclic) bond motifs is 6. The average molecular weight is 274 g/mol. The smallest absolute Gasteiger partial charge is 0.00246 e. The van der Waals surface area contributed by atoms with Crippen LogP contribution in [0.2, 0.25) is 0 Å². The van der Waals surface area contributed by atoms with Gasteiger partial charge >= 0.3 is 0 Å². The van der Waals surface area contributed by atoms with Gasteiger partial charge in [-0.15, -0.1) is 0 Å². The molecule has 0 heteroatoms. The molecule has 0 aromatic heterocycles. The van der Waals surface area contributed by atoms with Crippen LogP contribution >= 0.6 is 0 Å². The molecule has 0 amide bonds. The van der Waals surface area contributed by atoms with E-state index in [-0.39, 0.29) is 0 Å². The molecular weight excluding hydrogens is 252 g/mol. The maximum absolute atomic E-state index is 2.55. The topological polar surface area (TPSA) is 0 Å². The maximum Gasteiger partial charge on any atom is 0.00246 e. The Labute approximate surface area is 126 Å². The zero-order chi connectivity index (χ0) is 14.0. The van der Waals surface area contributed by atoms with E-state index in [0.717, 1.165) is 11.8 Å². The SMILES string of the molecule is Cc1ccc2cc3c(cc2c1)C1(CCC3)CC2C=CC1C2. The lowest BCUT2D eigenvalue weighted by Crippen LogP contribution is -2.34. The van der Waals surface area contributed by atoms with Gasteiger partial charge in [-0.25, -0.2) is 0 Å². The quantitative estimate of drug-likeness (QED) is 0.570. The Morgan fingerprint density at radius 2 is 2.00 bits per heavy atom. The molecule has 2 aromatic carbocycles. The zero-order valence-corrected chi connectivity index (χ0v) is 12.7. The van der Waals surface area contributed by atoms with Gasteiger partial charge in [0.25, 0.3) is 0 Å². The Hall–Kier alpha value is -1.56. The molecule has 0 saturated heterocycles. The molecule has 3 unspecified atom stereocenters. The predicted octanol–water partition coefficient (Wildman–Crippen LogP) is 5.32. The molecule has 1 spiro atoms. The minimum atomic E-state index is 0.477. The molecule has 0 heterocycles. The number of rotatable bonds is 0. The van der Waals surface area contributed by atoms with Crippen molar-refractivity contribution >= 4 is 10.8 Å². The van der Waals surface area contributed by atoms with Crippen LogP contribution in [0.25, 0.3) is 10.8 Å². The van der Waals surface area contributed by atoms with Crippen molar-refractivity contribution in [1.29, 1.82) is 0 Å². The van der Waals surface area contributed by atoms with Crippen molar-refractivity contribution in [3.63, 3.8) is 0 Å². The lowest BCUT2D eigenvalue weighted by molar-refractivity contribution is 0.304. The van der Waals surface area contributed by atoms with E-state index in [4.69, 9.17) is 0 Å². The number of benzene rings is 2.